The number of nitrogens with zero attached hydrogens (tertiary/aromatic N) is 1. The SMILES string of the molecule is Cc1ccccc1CN(C(=O)CSCc1ccc(Cl)c(Cl)c1)C(Cc1ccccc1)C(=O)NC(C)C. The molecule has 1 atom stereocenters. The van der Waals surface area contributed by atoms with Crippen LogP contribution in [0.3, 0.4) is 0 Å². The Kier molecular flexibility index (Phi) is 10.7. The molecule has 2 amide bonds. The fraction of sp³-hybridized carbons (Fsp3) is 0.310. The second kappa shape index (κ2) is 13.7. The highest BCUT2D eigenvalue weighted by atomic mass is 35.5. The van der Waals surface area contributed by atoms with Crippen LogP contribution in [0, 0.1) is 6.92 Å². The summed E-state index contributed by atoms with van der Waals surface area (Å²) in [6.07, 6.45) is 0.439. The first-order chi connectivity index (χ1) is 17.2. The van der Waals surface area contributed by atoms with Crippen LogP contribution in [0.4, 0.5) is 0 Å². The van der Waals surface area contributed by atoms with E-state index in [1.54, 1.807) is 11.0 Å². The third kappa shape index (κ3) is 8.29. The molecule has 0 bridgehead atoms. The average Bonchev–Trinajstić information content (AvgIpc) is 2.84. The van der Waals surface area contributed by atoms with Crippen LogP contribution in [0.1, 0.15) is 36.1 Å². The van der Waals surface area contributed by atoms with E-state index in [2.05, 4.69) is 5.32 Å². The second-order valence-corrected chi connectivity index (χ2v) is 10.9. The van der Waals surface area contributed by atoms with E-state index in [0.29, 0.717) is 28.8 Å². The molecule has 3 aromatic carbocycles. The van der Waals surface area contributed by atoms with Crippen molar-refractivity contribution in [2.75, 3.05) is 5.75 Å². The number of aryl methyl sites for hydroxylation is 1. The van der Waals surface area contributed by atoms with Crippen LogP contribution in [-0.2, 0) is 28.3 Å². The molecule has 190 valence electrons. The number of carbonyl (C=O) groups excluding carboxylic acids is 2. The highest BCUT2D eigenvalue weighted by Gasteiger charge is 2.30. The molecular formula is C29H32Cl2N2O2S. The van der Waals surface area contributed by atoms with Gasteiger partial charge in [0.15, 0.2) is 0 Å². The highest BCUT2D eigenvalue weighted by molar-refractivity contribution is 7.99. The lowest BCUT2D eigenvalue weighted by Crippen LogP contribution is -2.52. The van der Waals surface area contributed by atoms with Crippen molar-refractivity contribution in [1.82, 2.24) is 10.2 Å². The van der Waals surface area contributed by atoms with Gasteiger partial charge in [0.05, 0.1) is 15.8 Å². The molecule has 4 nitrogen and oxygen atoms in total. The van der Waals surface area contributed by atoms with Gasteiger partial charge >= 0.3 is 0 Å². The molecule has 7 heteroatoms. The normalized spacial score (nSPS) is 11.8. The smallest absolute Gasteiger partial charge is 0.243 e. The van der Waals surface area contributed by atoms with Gasteiger partial charge in [-0.25, -0.2) is 0 Å². The zero-order valence-electron chi connectivity index (χ0n) is 20.8. The Balaban J connectivity index is 1.85. The fourth-order valence-electron chi connectivity index (χ4n) is 3.87. The van der Waals surface area contributed by atoms with Gasteiger partial charge in [0.2, 0.25) is 11.8 Å². The summed E-state index contributed by atoms with van der Waals surface area (Å²) in [6.45, 7) is 6.25. The minimum Gasteiger partial charge on any atom is -0.352 e. The van der Waals surface area contributed by atoms with Crippen molar-refractivity contribution < 1.29 is 9.59 Å². The van der Waals surface area contributed by atoms with Gasteiger partial charge in [0.1, 0.15) is 6.04 Å². The molecular weight excluding hydrogens is 511 g/mol. The van der Waals surface area contributed by atoms with E-state index >= 15 is 0 Å². The number of benzene rings is 3. The van der Waals surface area contributed by atoms with Crippen LogP contribution >= 0.6 is 35.0 Å². The molecule has 0 aromatic heterocycles. The Morgan fingerprint density at radius 1 is 0.917 bits per heavy atom. The molecule has 0 radical (unpaired) electrons. The lowest BCUT2D eigenvalue weighted by Gasteiger charge is -2.32. The van der Waals surface area contributed by atoms with Crippen LogP contribution in [0.5, 0.6) is 0 Å². The van der Waals surface area contributed by atoms with Gasteiger partial charge in [0.25, 0.3) is 0 Å². The summed E-state index contributed by atoms with van der Waals surface area (Å²) in [7, 11) is 0. The van der Waals surface area contributed by atoms with E-state index in [9.17, 15) is 9.59 Å². The summed E-state index contributed by atoms with van der Waals surface area (Å²) in [5, 5.41) is 4.03. The summed E-state index contributed by atoms with van der Waals surface area (Å²) in [4.78, 5) is 28.8. The molecule has 0 heterocycles. The number of hydrogen-bond donors (Lipinski definition) is 1. The summed E-state index contributed by atoms with van der Waals surface area (Å²) in [5.74, 6) is 0.628. The Morgan fingerprint density at radius 2 is 1.61 bits per heavy atom. The Labute approximate surface area is 228 Å². The van der Waals surface area contributed by atoms with Gasteiger partial charge in [0, 0.05) is 24.8 Å². The third-order valence-corrected chi connectivity index (χ3v) is 7.51. The van der Waals surface area contributed by atoms with Crippen molar-refractivity contribution >= 4 is 46.8 Å². The van der Waals surface area contributed by atoms with Crippen LogP contribution in [0.2, 0.25) is 10.0 Å². The first-order valence-electron chi connectivity index (χ1n) is 11.9. The fourth-order valence-corrected chi connectivity index (χ4v) is 5.05. The molecule has 1 unspecified atom stereocenters. The van der Waals surface area contributed by atoms with E-state index < -0.39 is 6.04 Å². The standard InChI is InChI=1S/C29H32Cl2N2O2S/c1-20(2)32-29(35)27(16-22-10-5-4-6-11-22)33(17-24-12-8-7-9-21(24)3)28(34)19-36-18-23-13-14-25(30)26(31)15-23/h4-15,20,27H,16-19H2,1-3H3,(H,32,35). The van der Waals surface area contributed by atoms with Crippen molar-refractivity contribution in [2.24, 2.45) is 0 Å². The Morgan fingerprint density at radius 3 is 2.28 bits per heavy atom. The molecule has 0 saturated carbocycles. The van der Waals surface area contributed by atoms with Gasteiger partial charge in [-0.05, 0) is 55.2 Å². The molecule has 0 aliphatic heterocycles. The maximum Gasteiger partial charge on any atom is 0.243 e. The van der Waals surface area contributed by atoms with E-state index in [4.69, 9.17) is 23.2 Å². The van der Waals surface area contributed by atoms with Gasteiger partial charge in [-0.15, -0.1) is 11.8 Å². The van der Waals surface area contributed by atoms with Crippen LogP contribution in [-0.4, -0.2) is 34.6 Å². The molecule has 0 spiro atoms. The number of carbonyl (C=O) groups is 2. The maximum atomic E-state index is 13.7. The molecule has 3 rings (SSSR count). The summed E-state index contributed by atoms with van der Waals surface area (Å²) in [6, 6.07) is 22.6. The largest absolute Gasteiger partial charge is 0.352 e. The lowest BCUT2D eigenvalue weighted by atomic mass is 10.0. The van der Waals surface area contributed by atoms with Crippen molar-refractivity contribution in [3.8, 4) is 0 Å². The van der Waals surface area contributed by atoms with Crippen LogP contribution in [0.25, 0.3) is 0 Å². The quantitative estimate of drug-likeness (QED) is 0.293. The zero-order valence-corrected chi connectivity index (χ0v) is 23.2. The molecule has 0 aliphatic rings. The Hall–Kier alpha value is -2.47. The summed E-state index contributed by atoms with van der Waals surface area (Å²) >= 11 is 13.7. The lowest BCUT2D eigenvalue weighted by molar-refractivity contribution is -0.139. The van der Waals surface area contributed by atoms with Crippen LogP contribution in [0.15, 0.2) is 72.8 Å². The second-order valence-electron chi connectivity index (χ2n) is 9.06. The van der Waals surface area contributed by atoms with Gasteiger partial charge in [-0.3, -0.25) is 9.59 Å². The molecule has 0 saturated heterocycles. The topological polar surface area (TPSA) is 49.4 Å². The summed E-state index contributed by atoms with van der Waals surface area (Å²) < 4.78 is 0. The van der Waals surface area contributed by atoms with Gasteiger partial charge in [-0.2, -0.15) is 0 Å². The van der Waals surface area contributed by atoms with E-state index in [0.717, 1.165) is 22.3 Å². The zero-order chi connectivity index (χ0) is 26.1. The highest BCUT2D eigenvalue weighted by Crippen LogP contribution is 2.25. The van der Waals surface area contributed by atoms with Crippen LogP contribution < -0.4 is 5.32 Å². The van der Waals surface area contributed by atoms with Crippen molar-refractivity contribution in [3.63, 3.8) is 0 Å². The molecule has 1 N–H and O–H groups in total. The molecule has 36 heavy (non-hydrogen) atoms. The monoisotopic (exact) mass is 542 g/mol. The van der Waals surface area contributed by atoms with Crippen molar-refractivity contribution in [3.05, 3.63) is 105 Å². The first kappa shape index (κ1) is 28.1. The minimum atomic E-state index is -0.632. The van der Waals surface area contributed by atoms with Crippen molar-refractivity contribution in [1.29, 1.82) is 0 Å². The van der Waals surface area contributed by atoms with E-state index in [1.807, 2.05) is 87.5 Å². The number of rotatable bonds is 11. The van der Waals surface area contributed by atoms with E-state index in [-0.39, 0.29) is 23.6 Å². The number of thioether (sulfide) groups is 1. The van der Waals surface area contributed by atoms with Gasteiger partial charge in [-0.1, -0.05) is 83.9 Å². The van der Waals surface area contributed by atoms with Gasteiger partial charge < -0.3 is 10.2 Å². The third-order valence-electron chi connectivity index (χ3n) is 5.78. The predicted octanol–water partition coefficient (Wildman–Crippen LogP) is 6.70. The number of amides is 2. The Bertz CT molecular complexity index is 1170. The molecule has 0 fully saturated rings. The first-order valence-corrected chi connectivity index (χ1v) is 13.9. The number of nitrogens with one attached hydrogen (secondary N) is 1. The number of halogens is 2. The molecule has 3 aromatic rings. The molecule has 0 aliphatic carbocycles. The summed E-state index contributed by atoms with van der Waals surface area (Å²) in [5.41, 5.74) is 4.11. The predicted molar refractivity (Wildman–Crippen MR) is 152 cm³/mol. The average molecular weight is 544 g/mol. The minimum absolute atomic E-state index is 0.0322. The van der Waals surface area contributed by atoms with Crippen molar-refractivity contribution in [2.45, 2.75) is 51.6 Å². The number of hydrogen-bond acceptors (Lipinski definition) is 3. The maximum absolute atomic E-state index is 13.7. The van der Waals surface area contributed by atoms with E-state index in [1.165, 1.54) is 11.8 Å².